The van der Waals surface area contributed by atoms with E-state index in [4.69, 9.17) is 0 Å². The topological polar surface area (TPSA) is 25.8 Å². The van der Waals surface area contributed by atoms with Crippen molar-refractivity contribution in [2.24, 2.45) is 0 Å². The molecule has 0 N–H and O–H groups in total. The maximum atomic E-state index is 4.57. The van der Waals surface area contributed by atoms with Gasteiger partial charge in [-0.1, -0.05) is 88.4 Å². The fourth-order valence-electron chi connectivity index (χ4n) is 9.71. The molecule has 7 aromatic carbocycles. The third-order valence-corrected chi connectivity index (χ3v) is 12.4. The second kappa shape index (κ2) is 10.2. The number of fused-ring (bicyclic) bond motifs is 12. The highest BCUT2D eigenvalue weighted by Crippen LogP contribution is 2.53. The van der Waals surface area contributed by atoms with Gasteiger partial charge in [-0.3, -0.25) is 9.97 Å². The molecule has 0 atom stereocenters. The Morgan fingerprint density at radius 3 is 1.21 bits per heavy atom. The summed E-state index contributed by atoms with van der Waals surface area (Å²) >= 11 is 0. The molecular formula is C50H36N2. The first-order valence-electron chi connectivity index (χ1n) is 18.3. The van der Waals surface area contributed by atoms with Crippen molar-refractivity contribution in [3.63, 3.8) is 0 Å². The summed E-state index contributed by atoms with van der Waals surface area (Å²) in [6, 6.07) is 45.9. The first-order valence-corrected chi connectivity index (χ1v) is 18.3. The Balaban J connectivity index is 1.28. The molecule has 0 radical (unpaired) electrons. The van der Waals surface area contributed by atoms with Gasteiger partial charge in [0.1, 0.15) is 0 Å². The molecular weight excluding hydrogens is 629 g/mol. The number of aromatic nitrogens is 2. The maximum Gasteiger partial charge on any atom is 0.0346 e. The summed E-state index contributed by atoms with van der Waals surface area (Å²) < 4.78 is 0. The highest BCUT2D eigenvalue weighted by Gasteiger charge is 2.37. The standard InChI is InChI=1S/C50H36N2/c1-49(2)45-15-7-5-13-33(45)43-23-39-35(29-11-9-17-51-27-29)19-31-22-38-32(21-37(31)41(39)25-47(43)49)20-36(30-12-10-18-52-28-30)40-24-44-34-14-6-8-16-46(34)50(3,4)48(44)26-42(38)40/h5-28H,1-4H3. The van der Waals surface area contributed by atoms with Gasteiger partial charge in [-0.25, -0.2) is 0 Å². The lowest BCUT2D eigenvalue weighted by Crippen LogP contribution is -2.14. The highest BCUT2D eigenvalue weighted by molar-refractivity contribution is 6.23. The first-order chi connectivity index (χ1) is 25.3. The Hall–Kier alpha value is -6.12. The molecule has 0 fully saturated rings. The SMILES string of the molecule is CC1(C)c2ccccc2-c2cc3c(-c4cccnc4)cc4cc5c(cc(-c6cccnc6)c6cc7c(cc65)C(C)(C)c5ccccc5-7)cc4c3cc21. The van der Waals surface area contributed by atoms with Crippen LogP contribution in [0.2, 0.25) is 0 Å². The van der Waals surface area contributed by atoms with E-state index in [0.29, 0.717) is 0 Å². The zero-order chi connectivity index (χ0) is 34.9. The zero-order valence-electron chi connectivity index (χ0n) is 29.8. The average molecular weight is 665 g/mol. The second-order valence-electron chi connectivity index (χ2n) is 15.9. The molecule has 0 saturated heterocycles. The lowest BCUT2D eigenvalue weighted by atomic mass is 9.80. The monoisotopic (exact) mass is 664 g/mol. The van der Waals surface area contributed by atoms with Crippen LogP contribution in [0.1, 0.15) is 49.9 Å². The van der Waals surface area contributed by atoms with Crippen molar-refractivity contribution >= 4 is 43.1 Å². The molecule has 0 amide bonds. The van der Waals surface area contributed by atoms with E-state index in [1.165, 1.54) is 98.7 Å². The van der Waals surface area contributed by atoms with Gasteiger partial charge in [0, 0.05) is 46.7 Å². The summed E-state index contributed by atoms with van der Waals surface area (Å²) in [6.45, 7) is 9.49. The number of hydrogen-bond donors (Lipinski definition) is 0. The molecule has 2 aromatic heterocycles. The molecule has 2 nitrogen and oxygen atoms in total. The van der Waals surface area contributed by atoms with E-state index in [2.05, 4.69) is 147 Å². The number of hydrogen-bond acceptors (Lipinski definition) is 2. The van der Waals surface area contributed by atoms with Crippen LogP contribution >= 0.6 is 0 Å². The number of rotatable bonds is 2. The van der Waals surface area contributed by atoms with Crippen LogP contribution in [0, 0.1) is 0 Å². The van der Waals surface area contributed by atoms with Crippen LogP contribution < -0.4 is 0 Å². The van der Waals surface area contributed by atoms with Crippen molar-refractivity contribution in [1.82, 2.24) is 9.97 Å². The van der Waals surface area contributed by atoms with E-state index in [-0.39, 0.29) is 10.8 Å². The van der Waals surface area contributed by atoms with Crippen molar-refractivity contribution in [3.8, 4) is 44.5 Å². The largest absolute Gasteiger partial charge is 0.264 e. The smallest absolute Gasteiger partial charge is 0.0346 e. The molecule has 246 valence electrons. The van der Waals surface area contributed by atoms with E-state index >= 15 is 0 Å². The third-order valence-electron chi connectivity index (χ3n) is 12.4. The number of nitrogens with zero attached hydrogens (tertiary/aromatic N) is 2. The van der Waals surface area contributed by atoms with Crippen molar-refractivity contribution in [1.29, 1.82) is 0 Å². The van der Waals surface area contributed by atoms with Crippen molar-refractivity contribution in [2.45, 2.75) is 38.5 Å². The molecule has 52 heavy (non-hydrogen) atoms. The lowest BCUT2D eigenvalue weighted by Gasteiger charge is -2.23. The van der Waals surface area contributed by atoms with E-state index in [1.54, 1.807) is 0 Å². The number of benzene rings is 7. The molecule has 9 aromatic rings. The van der Waals surface area contributed by atoms with E-state index in [0.717, 1.165) is 11.1 Å². The van der Waals surface area contributed by atoms with Crippen LogP contribution in [0.5, 0.6) is 0 Å². The summed E-state index contributed by atoms with van der Waals surface area (Å²) in [4.78, 5) is 9.14. The Bertz CT molecular complexity index is 2780. The van der Waals surface area contributed by atoms with Crippen LogP contribution in [-0.4, -0.2) is 9.97 Å². The Morgan fingerprint density at radius 1 is 0.346 bits per heavy atom. The summed E-state index contributed by atoms with van der Waals surface area (Å²) in [5.74, 6) is 0. The summed E-state index contributed by atoms with van der Waals surface area (Å²) in [5.41, 5.74) is 15.4. The van der Waals surface area contributed by atoms with E-state index in [9.17, 15) is 0 Å². The summed E-state index contributed by atoms with van der Waals surface area (Å²) in [7, 11) is 0. The maximum absolute atomic E-state index is 4.57. The molecule has 11 rings (SSSR count). The molecule has 0 bridgehead atoms. The van der Waals surface area contributed by atoms with Gasteiger partial charge < -0.3 is 0 Å². The minimum atomic E-state index is -0.0952. The van der Waals surface area contributed by atoms with E-state index < -0.39 is 0 Å². The normalized spacial score (nSPS) is 14.8. The fourth-order valence-corrected chi connectivity index (χ4v) is 9.71. The lowest BCUT2D eigenvalue weighted by molar-refractivity contribution is 0.661. The van der Waals surface area contributed by atoms with Crippen molar-refractivity contribution < 1.29 is 0 Å². The van der Waals surface area contributed by atoms with Gasteiger partial charge >= 0.3 is 0 Å². The molecule has 0 saturated carbocycles. The molecule has 2 heterocycles. The van der Waals surface area contributed by atoms with Gasteiger partial charge in [0.25, 0.3) is 0 Å². The van der Waals surface area contributed by atoms with Crippen molar-refractivity contribution in [3.05, 3.63) is 168 Å². The quantitative estimate of drug-likeness (QED) is 0.136. The second-order valence-corrected chi connectivity index (χ2v) is 15.9. The van der Waals surface area contributed by atoms with Gasteiger partial charge in [-0.05, 0) is 159 Å². The Kier molecular flexibility index (Phi) is 5.83. The average Bonchev–Trinajstić information content (AvgIpc) is 3.54. The van der Waals surface area contributed by atoms with Crippen LogP contribution in [-0.2, 0) is 10.8 Å². The highest BCUT2D eigenvalue weighted by atomic mass is 14.6. The first kappa shape index (κ1) is 29.6. The van der Waals surface area contributed by atoms with Gasteiger partial charge in [0.2, 0.25) is 0 Å². The van der Waals surface area contributed by atoms with Crippen LogP contribution in [0.15, 0.2) is 146 Å². The molecule has 2 aliphatic carbocycles. The van der Waals surface area contributed by atoms with Crippen LogP contribution in [0.3, 0.4) is 0 Å². The third kappa shape index (κ3) is 3.90. The molecule has 0 spiro atoms. The molecule has 2 heteroatoms. The summed E-state index contributed by atoms with van der Waals surface area (Å²) in [6.07, 6.45) is 7.73. The minimum Gasteiger partial charge on any atom is -0.264 e. The molecule has 2 aliphatic rings. The van der Waals surface area contributed by atoms with Crippen LogP contribution in [0.25, 0.3) is 87.6 Å². The van der Waals surface area contributed by atoms with Gasteiger partial charge in [-0.2, -0.15) is 0 Å². The molecule has 0 aliphatic heterocycles. The fraction of sp³-hybridized carbons (Fsp3) is 0.120. The van der Waals surface area contributed by atoms with Gasteiger partial charge in [-0.15, -0.1) is 0 Å². The predicted molar refractivity (Wildman–Crippen MR) is 218 cm³/mol. The van der Waals surface area contributed by atoms with Crippen LogP contribution in [0.4, 0.5) is 0 Å². The summed E-state index contributed by atoms with van der Waals surface area (Å²) in [5, 5.41) is 10.1. The van der Waals surface area contributed by atoms with Crippen molar-refractivity contribution in [2.75, 3.05) is 0 Å². The zero-order valence-corrected chi connectivity index (χ0v) is 29.8. The predicted octanol–water partition coefficient (Wildman–Crippen LogP) is 13.0. The Morgan fingerprint density at radius 2 is 0.788 bits per heavy atom. The van der Waals surface area contributed by atoms with Gasteiger partial charge in [0.05, 0.1) is 0 Å². The van der Waals surface area contributed by atoms with E-state index in [1.807, 2.05) is 36.9 Å². The Labute approximate surface area is 303 Å². The minimum absolute atomic E-state index is 0.0952. The van der Waals surface area contributed by atoms with Gasteiger partial charge in [0.15, 0.2) is 0 Å². The molecule has 0 unspecified atom stereocenters. The number of pyridine rings is 2.